The third-order valence-corrected chi connectivity index (χ3v) is 6.78. The van der Waals surface area contributed by atoms with Crippen molar-refractivity contribution < 1.29 is 13.9 Å². The summed E-state index contributed by atoms with van der Waals surface area (Å²) in [5.41, 5.74) is 3.06. The van der Waals surface area contributed by atoms with E-state index in [1.165, 1.54) is 11.8 Å². The maximum absolute atomic E-state index is 13.4. The van der Waals surface area contributed by atoms with E-state index in [1.807, 2.05) is 48.5 Å². The Kier molecular flexibility index (Phi) is 6.20. The van der Waals surface area contributed by atoms with Gasteiger partial charge in [-0.1, -0.05) is 43.0 Å². The molecule has 3 heterocycles. The first kappa shape index (κ1) is 21.7. The molecular weight excluding hydrogens is 438 g/mol. The van der Waals surface area contributed by atoms with Gasteiger partial charge in [-0.05, 0) is 49.1 Å². The van der Waals surface area contributed by atoms with Crippen molar-refractivity contribution in [1.29, 1.82) is 0 Å². The number of anilines is 1. The molecule has 0 saturated carbocycles. The quantitative estimate of drug-likeness (QED) is 0.318. The molecule has 4 aromatic rings. The van der Waals surface area contributed by atoms with Crippen LogP contribution in [-0.2, 0) is 22.5 Å². The number of amides is 1. The zero-order valence-electron chi connectivity index (χ0n) is 18.4. The van der Waals surface area contributed by atoms with Crippen LogP contribution in [0.1, 0.15) is 25.3 Å². The molecule has 170 valence electrons. The van der Waals surface area contributed by atoms with E-state index in [0.29, 0.717) is 29.4 Å². The maximum atomic E-state index is 13.4. The Morgan fingerprint density at radius 2 is 2.12 bits per heavy atom. The van der Waals surface area contributed by atoms with Gasteiger partial charge >= 0.3 is 0 Å². The minimum absolute atomic E-state index is 0.0451. The predicted octanol–water partition coefficient (Wildman–Crippen LogP) is 4.61. The molecule has 1 N–H and O–H groups in total. The molecule has 5 rings (SSSR count). The summed E-state index contributed by atoms with van der Waals surface area (Å²) in [5.74, 6) is -0.0152. The van der Waals surface area contributed by atoms with Gasteiger partial charge in [0.15, 0.2) is 5.16 Å². The van der Waals surface area contributed by atoms with Gasteiger partial charge in [-0.15, -0.1) is 0 Å². The van der Waals surface area contributed by atoms with E-state index < -0.39 is 0 Å². The molecule has 1 saturated heterocycles. The number of nitrogens with zero attached hydrogens (tertiary/aromatic N) is 2. The minimum atomic E-state index is -0.245. The number of hydrogen-bond acceptors (Lipinski definition) is 6. The molecule has 1 fully saturated rings. The molecular formula is C25H25N3O4S. The van der Waals surface area contributed by atoms with Crippen LogP contribution in [0.25, 0.3) is 22.1 Å². The summed E-state index contributed by atoms with van der Waals surface area (Å²) in [6.07, 6.45) is 2.72. The van der Waals surface area contributed by atoms with E-state index in [2.05, 4.69) is 12.2 Å². The highest BCUT2D eigenvalue weighted by atomic mass is 32.2. The van der Waals surface area contributed by atoms with Gasteiger partial charge in [0.1, 0.15) is 11.1 Å². The number of benzene rings is 2. The van der Waals surface area contributed by atoms with Crippen molar-refractivity contribution >= 4 is 45.4 Å². The van der Waals surface area contributed by atoms with Crippen molar-refractivity contribution in [1.82, 2.24) is 9.55 Å². The number of aryl methyl sites for hydroxylation is 1. The van der Waals surface area contributed by atoms with Gasteiger partial charge in [0, 0.05) is 17.7 Å². The third-order valence-electron chi connectivity index (χ3n) is 5.81. The second kappa shape index (κ2) is 9.41. The summed E-state index contributed by atoms with van der Waals surface area (Å²) >= 11 is 1.25. The van der Waals surface area contributed by atoms with E-state index in [9.17, 15) is 9.59 Å². The second-order valence-corrected chi connectivity index (χ2v) is 9.05. The van der Waals surface area contributed by atoms with Crippen LogP contribution in [0.4, 0.5) is 5.69 Å². The Morgan fingerprint density at radius 1 is 1.24 bits per heavy atom. The smallest absolute Gasteiger partial charge is 0.297 e. The molecule has 2 aromatic carbocycles. The fourth-order valence-electron chi connectivity index (χ4n) is 4.11. The Balaban J connectivity index is 1.45. The molecule has 2 aromatic heterocycles. The van der Waals surface area contributed by atoms with Crippen LogP contribution in [0.15, 0.2) is 62.9 Å². The van der Waals surface area contributed by atoms with Crippen molar-refractivity contribution in [2.45, 2.75) is 44.0 Å². The molecule has 0 bridgehead atoms. The summed E-state index contributed by atoms with van der Waals surface area (Å²) in [6.45, 7) is 3.16. The monoisotopic (exact) mass is 463 g/mol. The van der Waals surface area contributed by atoms with Gasteiger partial charge in [-0.25, -0.2) is 4.98 Å². The second-order valence-electron chi connectivity index (χ2n) is 8.11. The molecule has 1 aliphatic rings. The summed E-state index contributed by atoms with van der Waals surface area (Å²) in [4.78, 5) is 30.8. The molecule has 0 aliphatic carbocycles. The fraction of sp³-hybridized carbons (Fsp3) is 0.320. The molecule has 1 atom stereocenters. The van der Waals surface area contributed by atoms with Crippen LogP contribution >= 0.6 is 11.8 Å². The predicted molar refractivity (Wildman–Crippen MR) is 130 cm³/mol. The van der Waals surface area contributed by atoms with Crippen molar-refractivity contribution in [2.24, 2.45) is 0 Å². The van der Waals surface area contributed by atoms with Crippen LogP contribution in [0.3, 0.4) is 0 Å². The molecule has 1 aliphatic heterocycles. The largest absolute Gasteiger partial charge is 0.448 e. The van der Waals surface area contributed by atoms with Crippen LogP contribution in [0.5, 0.6) is 0 Å². The van der Waals surface area contributed by atoms with E-state index in [4.69, 9.17) is 14.1 Å². The number of fused-ring (bicyclic) bond motifs is 3. The Bertz CT molecular complexity index is 1370. The van der Waals surface area contributed by atoms with Gasteiger partial charge in [0.25, 0.3) is 5.56 Å². The molecule has 33 heavy (non-hydrogen) atoms. The Labute approximate surface area is 195 Å². The number of carbonyl (C=O) groups is 1. The van der Waals surface area contributed by atoms with Crippen molar-refractivity contribution in [2.75, 3.05) is 17.7 Å². The highest BCUT2D eigenvalue weighted by Crippen LogP contribution is 2.28. The van der Waals surface area contributed by atoms with Crippen LogP contribution in [0.2, 0.25) is 0 Å². The lowest BCUT2D eigenvalue weighted by atomic mass is 10.1. The van der Waals surface area contributed by atoms with Gasteiger partial charge < -0.3 is 14.5 Å². The minimum Gasteiger partial charge on any atom is -0.448 e. The van der Waals surface area contributed by atoms with Crippen molar-refractivity contribution in [3.63, 3.8) is 0 Å². The number of para-hydroxylation sites is 1. The highest BCUT2D eigenvalue weighted by Gasteiger charge is 2.23. The molecule has 1 amide bonds. The molecule has 8 heteroatoms. The van der Waals surface area contributed by atoms with Gasteiger partial charge in [0.05, 0.1) is 18.4 Å². The molecule has 7 nitrogen and oxygen atoms in total. The lowest BCUT2D eigenvalue weighted by Gasteiger charge is -2.15. The summed E-state index contributed by atoms with van der Waals surface area (Å²) in [6, 6.07) is 15.3. The fourth-order valence-corrected chi connectivity index (χ4v) is 4.91. The van der Waals surface area contributed by atoms with E-state index in [-0.39, 0.29) is 28.9 Å². The Morgan fingerprint density at radius 3 is 2.94 bits per heavy atom. The molecule has 0 radical (unpaired) electrons. The molecule has 0 spiro atoms. The average molecular weight is 464 g/mol. The lowest BCUT2D eigenvalue weighted by molar-refractivity contribution is -0.113. The number of hydrogen-bond donors (Lipinski definition) is 1. The van der Waals surface area contributed by atoms with Gasteiger partial charge in [-0.2, -0.15) is 0 Å². The highest BCUT2D eigenvalue weighted by molar-refractivity contribution is 7.99. The van der Waals surface area contributed by atoms with Crippen molar-refractivity contribution in [3.05, 3.63) is 64.4 Å². The van der Waals surface area contributed by atoms with Gasteiger partial charge in [-0.3, -0.25) is 14.2 Å². The topological polar surface area (TPSA) is 86.4 Å². The van der Waals surface area contributed by atoms with Crippen molar-refractivity contribution in [3.8, 4) is 0 Å². The van der Waals surface area contributed by atoms with Gasteiger partial charge in [0.2, 0.25) is 11.5 Å². The first-order valence-corrected chi connectivity index (χ1v) is 12.2. The average Bonchev–Trinajstić information content (AvgIpc) is 3.48. The van der Waals surface area contributed by atoms with Crippen LogP contribution in [-0.4, -0.2) is 33.9 Å². The number of nitrogens with one attached hydrogen (secondary N) is 1. The third kappa shape index (κ3) is 4.54. The Hall–Kier alpha value is -3.10. The number of rotatable bonds is 7. The maximum Gasteiger partial charge on any atom is 0.297 e. The standard InChI is InChI=1S/C25H25N3O4S/c1-2-16-7-5-8-17(13-16)26-21(29)15-33-25-27-22-19-10-3-4-11-20(19)32-23(22)24(30)28(25)14-18-9-6-12-31-18/h3-5,7-8,10-11,13,18H,2,6,9,12,14-15H2,1H3,(H,26,29). The van der Waals surface area contributed by atoms with Crippen LogP contribution in [0, 0.1) is 0 Å². The summed E-state index contributed by atoms with van der Waals surface area (Å²) < 4.78 is 13.2. The summed E-state index contributed by atoms with van der Waals surface area (Å²) in [5, 5.41) is 4.22. The number of thioether (sulfide) groups is 1. The summed E-state index contributed by atoms with van der Waals surface area (Å²) in [7, 11) is 0. The number of furan rings is 1. The zero-order valence-corrected chi connectivity index (χ0v) is 19.2. The van der Waals surface area contributed by atoms with E-state index >= 15 is 0 Å². The van der Waals surface area contributed by atoms with E-state index in [1.54, 1.807) is 4.57 Å². The number of carbonyl (C=O) groups excluding carboxylic acids is 1. The number of aromatic nitrogens is 2. The molecule has 1 unspecified atom stereocenters. The first-order chi connectivity index (χ1) is 16.1. The van der Waals surface area contributed by atoms with Crippen LogP contribution < -0.4 is 10.9 Å². The first-order valence-electron chi connectivity index (χ1n) is 11.2. The zero-order chi connectivity index (χ0) is 22.8. The normalized spacial score (nSPS) is 16.0. The number of ether oxygens (including phenoxy) is 1. The lowest BCUT2D eigenvalue weighted by Crippen LogP contribution is -2.29. The van der Waals surface area contributed by atoms with E-state index in [0.717, 1.165) is 35.9 Å². The SMILES string of the molecule is CCc1cccc(NC(=O)CSc2nc3c(oc4ccccc43)c(=O)n2CC2CCCO2)c1.